The van der Waals surface area contributed by atoms with E-state index in [-0.39, 0.29) is 30.9 Å². The molecule has 0 spiro atoms. The zero-order chi connectivity index (χ0) is 25.2. The SMILES string of the molecule is CCOc1ccc(-c2noc(CCC(=O)NC(CC)c3ccccc3OCC(=O)N(C)C)n2)cc1. The Hall–Kier alpha value is -3.88. The molecule has 1 unspecified atom stereocenters. The lowest BCUT2D eigenvalue weighted by Gasteiger charge is -2.21. The van der Waals surface area contributed by atoms with Crippen molar-refractivity contribution in [1.29, 1.82) is 0 Å². The minimum absolute atomic E-state index is 0.0672. The molecule has 3 rings (SSSR count). The Morgan fingerprint density at radius 1 is 1.06 bits per heavy atom. The van der Waals surface area contributed by atoms with Crippen LogP contribution in [-0.4, -0.2) is 54.2 Å². The van der Waals surface area contributed by atoms with Gasteiger partial charge in [0.1, 0.15) is 11.5 Å². The third-order valence-corrected chi connectivity index (χ3v) is 5.35. The molecule has 0 aliphatic carbocycles. The Bertz CT molecular complexity index is 1110. The molecule has 0 saturated heterocycles. The number of aromatic nitrogens is 2. The maximum atomic E-state index is 12.7. The van der Waals surface area contributed by atoms with Gasteiger partial charge >= 0.3 is 0 Å². The summed E-state index contributed by atoms with van der Waals surface area (Å²) >= 11 is 0. The van der Waals surface area contributed by atoms with Crippen molar-refractivity contribution in [2.24, 2.45) is 0 Å². The summed E-state index contributed by atoms with van der Waals surface area (Å²) in [6.45, 7) is 4.44. The first kappa shape index (κ1) is 25.7. The molecule has 1 heterocycles. The molecule has 0 bridgehead atoms. The molecule has 1 N–H and O–H groups in total. The van der Waals surface area contributed by atoms with Gasteiger partial charge in [0.2, 0.25) is 17.6 Å². The van der Waals surface area contributed by atoms with Crippen LogP contribution in [0.4, 0.5) is 0 Å². The van der Waals surface area contributed by atoms with E-state index in [4.69, 9.17) is 14.0 Å². The van der Waals surface area contributed by atoms with Gasteiger partial charge in [0.05, 0.1) is 12.6 Å². The van der Waals surface area contributed by atoms with E-state index in [0.29, 0.717) is 36.9 Å². The third-order valence-electron chi connectivity index (χ3n) is 5.35. The smallest absolute Gasteiger partial charge is 0.259 e. The van der Waals surface area contributed by atoms with Gasteiger partial charge in [-0.15, -0.1) is 0 Å². The highest BCUT2D eigenvalue weighted by Crippen LogP contribution is 2.27. The van der Waals surface area contributed by atoms with E-state index < -0.39 is 0 Å². The Morgan fingerprint density at radius 3 is 2.49 bits per heavy atom. The summed E-state index contributed by atoms with van der Waals surface area (Å²) in [6, 6.07) is 14.6. The number of aryl methyl sites for hydroxylation is 1. The molecule has 9 nitrogen and oxygen atoms in total. The number of hydrogen-bond donors (Lipinski definition) is 1. The van der Waals surface area contributed by atoms with E-state index in [9.17, 15) is 9.59 Å². The Labute approximate surface area is 205 Å². The number of hydrogen-bond acceptors (Lipinski definition) is 7. The van der Waals surface area contributed by atoms with Crippen LogP contribution in [0.5, 0.6) is 11.5 Å². The molecule has 3 aromatic rings. The standard InChI is InChI=1S/C26H32N4O5/c1-5-21(20-9-7-8-10-22(20)34-17-25(32)30(3)4)27-23(31)15-16-24-28-26(29-35-24)18-11-13-19(14-12-18)33-6-2/h7-14,21H,5-6,15-17H2,1-4H3,(H,27,31). The number of likely N-dealkylation sites (N-methyl/N-ethyl adjacent to an activating group) is 1. The molecule has 2 amide bonds. The van der Waals surface area contributed by atoms with E-state index in [1.54, 1.807) is 20.2 Å². The van der Waals surface area contributed by atoms with Gasteiger partial charge in [-0.2, -0.15) is 4.98 Å². The summed E-state index contributed by atoms with van der Waals surface area (Å²) in [7, 11) is 3.36. The molecule has 186 valence electrons. The first-order valence-electron chi connectivity index (χ1n) is 11.7. The third kappa shape index (κ3) is 7.30. The van der Waals surface area contributed by atoms with Crippen molar-refractivity contribution in [3.05, 3.63) is 60.0 Å². The summed E-state index contributed by atoms with van der Waals surface area (Å²) in [5.74, 6) is 1.93. The number of ether oxygens (including phenoxy) is 2. The van der Waals surface area contributed by atoms with Gasteiger partial charge in [-0.05, 0) is 43.7 Å². The van der Waals surface area contributed by atoms with Crippen LogP contribution < -0.4 is 14.8 Å². The van der Waals surface area contributed by atoms with Gasteiger partial charge in [-0.1, -0.05) is 30.3 Å². The Kier molecular flexibility index (Phi) is 9.23. The average molecular weight is 481 g/mol. The summed E-state index contributed by atoms with van der Waals surface area (Å²) in [5.41, 5.74) is 1.63. The highest BCUT2D eigenvalue weighted by molar-refractivity contribution is 5.77. The number of benzene rings is 2. The van der Waals surface area contributed by atoms with Crippen molar-refractivity contribution in [2.75, 3.05) is 27.3 Å². The summed E-state index contributed by atoms with van der Waals surface area (Å²) in [5, 5.41) is 7.06. The van der Waals surface area contributed by atoms with E-state index in [1.165, 1.54) is 4.90 Å². The van der Waals surface area contributed by atoms with Gasteiger partial charge in [-0.25, -0.2) is 0 Å². The van der Waals surface area contributed by atoms with Crippen molar-refractivity contribution >= 4 is 11.8 Å². The highest BCUT2D eigenvalue weighted by atomic mass is 16.5. The number of carbonyl (C=O) groups excluding carboxylic acids is 2. The Morgan fingerprint density at radius 2 is 1.80 bits per heavy atom. The van der Waals surface area contributed by atoms with Crippen molar-refractivity contribution in [3.63, 3.8) is 0 Å². The lowest BCUT2D eigenvalue weighted by Crippen LogP contribution is -2.30. The Balaban J connectivity index is 1.57. The normalized spacial score (nSPS) is 11.5. The van der Waals surface area contributed by atoms with E-state index >= 15 is 0 Å². The molecular formula is C26H32N4O5. The number of amides is 2. The second-order valence-corrected chi connectivity index (χ2v) is 8.11. The molecular weight excluding hydrogens is 448 g/mol. The molecule has 35 heavy (non-hydrogen) atoms. The van der Waals surface area contributed by atoms with Crippen LogP contribution in [0.25, 0.3) is 11.4 Å². The molecule has 0 aliphatic heterocycles. The number of nitrogens with zero attached hydrogens (tertiary/aromatic N) is 3. The van der Waals surface area contributed by atoms with Crippen molar-refractivity contribution in [3.8, 4) is 22.9 Å². The quantitative estimate of drug-likeness (QED) is 0.420. The van der Waals surface area contributed by atoms with Crippen LogP contribution in [0.1, 0.15) is 44.2 Å². The van der Waals surface area contributed by atoms with Gasteiger partial charge < -0.3 is 24.2 Å². The highest BCUT2D eigenvalue weighted by Gasteiger charge is 2.19. The maximum absolute atomic E-state index is 12.7. The maximum Gasteiger partial charge on any atom is 0.259 e. The molecule has 0 aliphatic rings. The van der Waals surface area contributed by atoms with Gasteiger partial charge in [0, 0.05) is 38.1 Å². The molecule has 9 heteroatoms. The fourth-order valence-electron chi connectivity index (χ4n) is 3.40. The lowest BCUT2D eigenvalue weighted by molar-refractivity contribution is -0.130. The van der Waals surface area contributed by atoms with Crippen molar-refractivity contribution in [2.45, 2.75) is 39.2 Å². The fourth-order valence-corrected chi connectivity index (χ4v) is 3.40. The zero-order valence-corrected chi connectivity index (χ0v) is 20.6. The van der Waals surface area contributed by atoms with E-state index in [1.807, 2.05) is 56.3 Å². The minimum Gasteiger partial charge on any atom is -0.494 e. The van der Waals surface area contributed by atoms with Gasteiger partial charge in [0.15, 0.2) is 6.61 Å². The molecule has 1 atom stereocenters. The van der Waals surface area contributed by atoms with Crippen LogP contribution in [0, 0.1) is 0 Å². The van der Waals surface area contributed by atoms with E-state index in [0.717, 1.165) is 16.9 Å². The zero-order valence-electron chi connectivity index (χ0n) is 20.6. The number of rotatable bonds is 12. The molecule has 2 aromatic carbocycles. The van der Waals surface area contributed by atoms with E-state index in [2.05, 4.69) is 15.5 Å². The largest absolute Gasteiger partial charge is 0.494 e. The van der Waals surface area contributed by atoms with Crippen LogP contribution in [0.2, 0.25) is 0 Å². The first-order valence-corrected chi connectivity index (χ1v) is 11.7. The van der Waals surface area contributed by atoms with Crippen LogP contribution in [-0.2, 0) is 16.0 Å². The van der Waals surface area contributed by atoms with Crippen molar-refractivity contribution in [1.82, 2.24) is 20.4 Å². The number of para-hydroxylation sites is 1. The van der Waals surface area contributed by atoms with Crippen LogP contribution in [0.3, 0.4) is 0 Å². The summed E-state index contributed by atoms with van der Waals surface area (Å²) in [4.78, 5) is 30.5. The second kappa shape index (κ2) is 12.5. The summed E-state index contributed by atoms with van der Waals surface area (Å²) in [6.07, 6.45) is 1.18. The second-order valence-electron chi connectivity index (χ2n) is 8.11. The average Bonchev–Trinajstić information content (AvgIpc) is 3.34. The lowest BCUT2D eigenvalue weighted by atomic mass is 10.0. The molecule has 0 fully saturated rings. The number of nitrogens with one attached hydrogen (secondary N) is 1. The van der Waals surface area contributed by atoms with Crippen LogP contribution >= 0.6 is 0 Å². The number of carbonyl (C=O) groups is 2. The predicted molar refractivity (Wildman–Crippen MR) is 131 cm³/mol. The minimum atomic E-state index is -0.254. The topological polar surface area (TPSA) is 107 Å². The van der Waals surface area contributed by atoms with Crippen molar-refractivity contribution < 1.29 is 23.6 Å². The molecule has 1 aromatic heterocycles. The predicted octanol–water partition coefficient (Wildman–Crippen LogP) is 3.80. The molecule has 0 saturated carbocycles. The summed E-state index contributed by atoms with van der Waals surface area (Å²) < 4.78 is 16.5. The van der Waals surface area contributed by atoms with Gasteiger partial charge in [-0.3, -0.25) is 9.59 Å². The fraction of sp³-hybridized carbons (Fsp3) is 0.385. The monoisotopic (exact) mass is 480 g/mol. The van der Waals surface area contributed by atoms with Gasteiger partial charge in [0.25, 0.3) is 5.91 Å². The van der Waals surface area contributed by atoms with Crippen LogP contribution in [0.15, 0.2) is 53.1 Å². The first-order chi connectivity index (χ1) is 16.9. The molecule has 0 radical (unpaired) electrons.